The van der Waals surface area contributed by atoms with Crippen molar-refractivity contribution in [3.05, 3.63) is 41.6 Å². The highest BCUT2D eigenvalue weighted by Crippen LogP contribution is 2.28. The molecule has 0 spiro atoms. The molecule has 0 fully saturated rings. The van der Waals surface area contributed by atoms with Crippen LogP contribution in [0.5, 0.6) is 0 Å². The van der Waals surface area contributed by atoms with E-state index in [1.165, 1.54) is 11.9 Å². The van der Waals surface area contributed by atoms with Crippen LogP contribution in [0.15, 0.2) is 30.9 Å². The number of nitrogens with zero attached hydrogens (tertiary/aromatic N) is 3. The van der Waals surface area contributed by atoms with Gasteiger partial charge in [-0.05, 0) is 17.5 Å². The Hall–Kier alpha value is -1.88. The standard InChI is InChI=1S/C15H20ClN5/c1-10(2)12(11-5-4-6-18-7-11)8-19-15-13(17-3)14(16)20-9-21-15/h4-7,9-10,12,17H,8H2,1-3H3,(H,19,20,21). The number of rotatable bonds is 6. The first-order valence-electron chi connectivity index (χ1n) is 6.95. The summed E-state index contributed by atoms with van der Waals surface area (Å²) in [5.74, 6) is 1.54. The van der Waals surface area contributed by atoms with E-state index in [4.69, 9.17) is 11.6 Å². The minimum atomic E-state index is 0.345. The Kier molecular flexibility index (Phi) is 5.33. The van der Waals surface area contributed by atoms with Gasteiger partial charge in [0.25, 0.3) is 0 Å². The molecule has 0 radical (unpaired) electrons. The topological polar surface area (TPSA) is 62.7 Å². The third-order valence-electron chi connectivity index (χ3n) is 3.46. The normalized spacial score (nSPS) is 12.2. The highest BCUT2D eigenvalue weighted by atomic mass is 35.5. The summed E-state index contributed by atoms with van der Waals surface area (Å²) in [4.78, 5) is 12.4. The molecule has 2 rings (SSSR count). The van der Waals surface area contributed by atoms with Crippen molar-refractivity contribution in [1.29, 1.82) is 0 Å². The van der Waals surface area contributed by atoms with Crippen LogP contribution in [0.2, 0.25) is 5.15 Å². The van der Waals surface area contributed by atoms with E-state index in [1.54, 1.807) is 13.2 Å². The molecule has 1 unspecified atom stereocenters. The van der Waals surface area contributed by atoms with Gasteiger partial charge in [-0.15, -0.1) is 0 Å². The zero-order chi connectivity index (χ0) is 15.2. The van der Waals surface area contributed by atoms with Crippen molar-refractivity contribution in [2.45, 2.75) is 19.8 Å². The molecule has 0 saturated heterocycles. The molecule has 0 aliphatic heterocycles. The van der Waals surface area contributed by atoms with Gasteiger partial charge in [-0.1, -0.05) is 31.5 Å². The van der Waals surface area contributed by atoms with Crippen molar-refractivity contribution in [2.75, 3.05) is 24.2 Å². The van der Waals surface area contributed by atoms with Gasteiger partial charge in [-0.25, -0.2) is 9.97 Å². The Balaban J connectivity index is 2.15. The van der Waals surface area contributed by atoms with E-state index in [2.05, 4.69) is 45.5 Å². The third kappa shape index (κ3) is 3.82. The molecule has 2 aromatic rings. The Morgan fingerprint density at radius 1 is 1.29 bits per heavy atom. The molecule has 2 heterocycles. The Morgan fingerprint density at radius 3 is 2.71 bits per heavy atom. The lowest BCUT2D eigenvalue weighted by Crippen LogP contribution is -2.19. The number of hydrogen-bond donors (Lipinski definition) is 2. The van der Waals surface area contributed by atoms with Crippen LogP contribution in [0.4, 0.5) is 11.5 Å². The van der Waals surface area contributed by atoms with E-state index in [0.29, 0.717) is 28.5 Å². The van der Waals surface area contributed by atoms with E-state index < -0.39 is 0 Å². The molecule has 0 aliphatic rings. The predicted molar refractivity (Wildman–Crippen MR) is 86.9 cm³/mol. The van der Waals surface area contributed by atoms with Gasteiger partial charge in [0, 0.05) is 31.9 Å². The second-order valence-corrected chi connectivity index (χ2v) is 5.51. The fourth-order valence-electron chi connectivity index (χ4n) is 2.26. The van der Waals surface area contributed by atoms with Crippen LogP contribution in [0.1, 0.15) is 25.3 Å². The zero-order valence-corrected chi connectivity index (χ0v) is 13.2. The number of aromatic nitrogens is 3. The quantitative estimate of drug-likeness (QED) is 0.801. The van der Waals surface area contributed by atoms with Crippen molar-refractivity contribution < 1.29 is 0 Å². The molecular formula is C15H20ClN5. The van der Waals surface area contributed by atoms with Crippen molar-refractivity contribution in [3.8, 4) is 0 Å². The van der Waals surface area contributed by atoms with Gasteiger partial charge < -0.3 is 10.6 Å². The molecule has 2 aromatic heterocycles. The van der Waals surface area contributed by atoms with E-state index in [-0.39, 0.29) is 0 Å². The van der Waals surface area contributed by atoms with E-state index in [1.807, 2.05) is 12.3 Å². The summed E-state index contributed by atoms with van der Waals surface area (Å²) in [7, 11) is 1.80. The van der Waals surface area contributed by atoms with Gasteiger partial charge >= 0.3 is 0 Å². The zero-order valence-electron chi connectivity index (χ0n) is 12.5. The summed E-state index contributed by atoms with van der Waals surface area (Å²) >= 11 is 6.06. The van der Waals surface area contributed by atoms with E-state index >= 15 is 0 Å². The van der Waals surface area contributed by atoms with Gasteiger partial charge in [0.15, 0.2) is 11.0 Å². The number of halogens is 1. The lowest BCUT2D eigenvalue weighted by Gasteiger charge is -2.22. The van der Waals surface area contributed by atoms with Crippen molar-refractivity contribution >= 4 is 23.1 Å². The number of hydrogen-bond acceptors (Lipinski definition) is 5. The first-order valence-corrected chi connectivity index (χ1v) is 7.33. The van der Waals surface area contributed by atoms with Crippen LogP contribution in [0.3, 0.4) is 0 Å². The van der Waals surface area contributed by atoms with Gasteiger partial charge in [-0.3, -0.25) is 4.98 Å². The van der Waals surface area contributed by atoms with Crippen LogP contribution in [-0.2, 0) is 0 Å². The predicted octanol–water partition coefficient (Wildman–Crippen LogP) is 3.42. The molecule has 0 aliphatic carbocycles. The maximum absolute atomic E-state index is 6.06. The summed E-state index contributed by atoms with van der Waals surface area (Å²) in [6.45, 7) is 5.15. The molecule has 0 bridgehead atoms. The molecule has 6 heteroatoms. The summed E-state index contributed by atoms with van der Waals surface area (Å²) in [6.07, 6.45) is 5.16. The van der Waals surface area contributed by atoms with Crippen LogP contribution in [0.25, 0.3) is 0 Å². The Labute approximate surface area is 130 Å². The van der Waals surface area contributed by atoms with Gasteiger partial charge in [-0.2, -0.15) is 0 Å². The number of nitrogens with one attached hydrogen (secondary N) is 2. The SMILES string of the molecule is CNc1c(Cl)ncnc1NCC(c1cccnc1)C(C)C. The fraction of sp³-hybridized carbons (Fsp3) is 0.400. The summed E-state index contributed by atoms with van der Waals surface area (Å²) < 4.78 is 0. The third-order valence-corrected chi connectivity index (χ3v) is 3.74. The molecule has 5 nitrogen and oxygen atoms in total. The first-order chi connectivity index (χ1) is 10.1. The molecule has 112 valence electrons. The van der Waals surface area contributed by atoms with Crippen molar-refractivity contribution in [3.63, 3.8) is 0 Å². The minimum Gasteiger partial charge on any atom is -0.383 e. The maximum Gasteiger partial charge on any atom is 0.157 e. The van der Waals surface area contributed by atoms with Crippen LogP contribution >= 0.6 is 11.6 Å². The Bertz CT molecular complexity index is 574. The molecule has 0 amide bonds. The lowest BCUT2D eigenvalue weighted by atomic mass is 9.89. The molecule has 0 aromatic carbocycles. The van der Waals surface area contributed by atoms with Crippen molar-refractivity contribution in [2.24, 2.45) is 5.92 Å². The number of anilines is 2. The van der Waals surface area contributed by atoms with Gasteiger partial charge in [0.05, 0.1) is 0 Å². The average Bonchev–Trinajstić information content (AvgIpc) is 2.48. The van der Waals surface area contributed by atoms with Gasteiger partial charge in [0.1, 0.15) is 12.0 Å². The van der Waals surface area contributed by atoms with Crippen LogP contribution in [-0.4, -0.2) is 28.5 Å². The van der Waals surface area contributed by atoms with Crippen LogP contribution < -0.4 is 10.6 Å². The molecule has 21 heavy (non-hydrogen) atoms. The first kappa shape index (κ1) is 15.5. The molecule has 0 saturated carbocycles. The maximum atomic E-state index is 6.06. The monoisotopic (exact) mass is 305 g/mol. The fourth-order valence-corrected chi connectivity index (χ4v) is 2.49. The Morgan fingerprint density at radius 2 is 2.10 bits per heavy atom. The highest BCUT2D eigenvalue weighted by molar-refractivity contribution is 6.32. The van der Waals surface area contributed by atoms with Crippen molar-refractivity contribution in [1.82, 2.24) is 15.0 Å². The molecule has 2 N–H and O–H groups in total. The second-order valence-electron chi connectivity index (χ2n) is 5.16. The van der Waals surface area contributed by atoms with E-state index in [0.717, 1.165) is 6.54 Å². The summed E-state index contributed by atoms with van der Waals surface area (Å²) in [5.41, 5.74) is 1.93. The van der Waals surface area contributed by atoms with Gasteiger partial charge in [0.2, 0.25) is 0 Å². The molecule has 1 atom stereocenters. The molecular weight excluding hydrogens is 286 g/mol. The number of pyridine rings is 1. The average molecular weight is 306 g/mol. The van der Waals surface area contributed by atoms with Crippen LogP contribution in [0, 0.1) is 5.92 Å². The lowest BCUT2D eigenvalue weighted by molar-refractivity contribution is 0.515. The second kappa shape index (κ2) is 7.22. The van der Waals surface area contributed by atoms with E-state index in [9.17, 15) is 0 Å². The minimum absolute atomic E-state index is 0.345. The highest BCUT2D eigenvalue weighted by Gasteiger charge is 2.17. The summed E-state index contributed by atoms with van der Waals surface area (Å²) in [6, 6.07) is 4.07. The largest absolute Gasteiger partial charge is 0.383 e. The summed E-state index contributed by atoms with van der Waals surface area (Å²) in [5, 5.41) is 6.80. The smallest absolute Gasteiger partial charge is 0.157 e.